The summed E-state index contributed by atoms with van der Waals surface area (Å²) in [6.07, 6.45) is 2.74. The van der Waals surface area contributed by atoms with Gasteiger partial charge in [0.25, 0.3) is 0 Å². The maximum absolute atomic E-state index is 5.48. The Morgan fingerprint density at radius 1 is 1.17 bits per heavy atom. The molecule has 0 unspecified atom stereocenters. The van der Waals surface area contributed by atoms with Crippen molar-refractivity contribution in [3.63, 3.8) is 0 Å². The molecule has 0 bridgehead atoms. The Labute approximate surface area is 146 Å². The molecule has 2 aromatic carbocycles. The minimum absolute atomic E-state index is 0.664. The molecule has 0 aromatic heterocycles. The van der Waals surface area contributed by atoms with Crippen molar-refractivity contribution in [1.82, 2.24) is 5.43 Å². The van der Waals surface area contributed by atoms with E-state index in [1.165, 1.54) is 4.90 Å². The lowest BCUT2D eigenvalue weighted by Crippen LogP contribution is -2.30. The maximum Gasteiger partial charge on any atom is 0.135 e. The smallest absolute Gasteiger partial charge is 0.135 e. The molecule has 0 atom stereocenters. The van der Waals surface area contributed by atoms with Crippen molar-refractivity contribution in [1.29, 1.82) is 0 Å². The van der Waals surface area contributed by atoms with Crippen molar-refractivity contribution >= 4 is 23.3 Å². The Kier molecular flexibility index (Phi) is 5.15. The highest BCUT2D eigenvalue weighted by molar-refractivity contribution is 7.98. The SMILES string of the molecule is COc1ccc(OC)c(CC2=NNCN2c2cccc(SC)c2)c1. The Bertz CT molecular complexity index is 749. The summed E-state index contributed by atoms with van der Waals surface area (Å²) in [5, 5.41) is 4.46. The second-order valence-electron chi connectivity index (χ2n) is 5.33. The van der Waals surface area contributed by atoms with E-state index in [1.54, 1.807) is 26.0 Å². The molecule has 0 saturated carbocycles. The van der Waals surface area contributed by atoms with Gasteiger partial charge < -0.3 is 14.4 Å². The summed E-state index contributed by atoms with van der Waals surface area (Å²) in [5.74, 6) is 2.61. The van der Waals surface area contributed by atoms with Gasteiger partial charge in [0, 0.05) is 22.6 Å². The molecule has 24 heavy (non-hydrogen) atoms. The fourth-order valence-electron chi connectivity index (χ4n) is 2.69. The number of rotatable bonds is 6. The minimum atomic E-state index is 0.664. The second-order valence-corrected chi connectivity index (χ2v) is 6.21. The number of hydrazone groups is 1. The number of nitrogens with zero attached hydrogens (tertiary/aromatic N) is 2. The van der Waals surface area contributed by atoms with Crippen LogP contribution in [0.4, 0.5) is 5.69 Å². The van der Waals surface area contributed by atoms with E-state index in [-0.39, 0.29) is 0 Å². The number of anilines is 1. The summed E-state index contributed by atoms with van der Waals surface area (Å²) >= 11 is 1.73. The third-order valence-electron chi connectivity index (χ3n) is 3.95. The molecule has 1 N–H and O–H groups in total. The van der Waals surface area contributed by atoms with E-state index in [1.807, 2.05) is 18.2 Å². The number of hydrogen-bond acceptors (Lipinski definition) is 6. The fraction of sp³-hybridized carbons (Fsp3) is 0.278. The van der Waals surface area contributed by atoms with Gasteiger partial charge in [-0.05, 0) is 42.7 Å². The molecule has 0 radical (unpaired) electrons. The molecular formula is C18H21N3O2S. The predicted octanol–water partition coefficient (Wildman–Crippen LogP) is 3.35. The van der Waals surface area contributed by atoms with E-state index in [0.29, 0.717) is 13.1 Å². The molecule has 0 fully saturated rings. The van der Waals surface area contributed by atoms with Crippen LogP contribution in [0.15, 0.2) is 52.5 Å². The third-order valence-corrected chi connectivity index (χ3v) is 4.67. The summed E-state index contributed by atoms with van der Waals surface area (Å²) in [7, 11) is 3.35. The lowest BCUT2D eigenvalue weighted by Gasteiger charge is -2.20. The van der Waals surface area contributed by atoms with Gasteiger partial charge >= 0.3 is 0 Å². The molecule has 2 aromatic rings. The quantitative estimate of drug-likeness (QED) is 0.815. The Balaban J connectivity index is 1.86. The average Bonchev–Trinajstić information content (AvgIpc) is 3.09. The van der Waals surface area contributed by atoms with Crippen LogP contribution in [0.25, 0.3) is 0 Å². The van der Waals surface area contributed by atoms with Crippen LogP contribution in [0.5, 0.6) is 11.5 Å². The largest absolute Gasteiger partial charge is 0.497 e. The molecule has 126 valence electrons. The van der Waals surface area contributed by atoms with Crippen LogP contribution in [-0.2, 0) is 6.42 Å². The van der Waals surface area contributed by atoms with Crippen molar-refractivity contribution in [2.24, 2.45) is 5.10 Å². The van der Waals surface area contributed by atoms with Gasteiger partial charge in [-0.3, -0.25) is 5.43 Å². The highest BCUT2D eigenvalue weighted by Crippen LogP contribution is 2.28. The first-order chi connectivity index (χ1) is 11.7. The maximum atomic E-state index is 5.48. The van der Waals surface area contributed by atoms with Gasteiger partial charge in [-0.2, -0.15) is 5.10 Å². The van der Waals surface area contributed by atoms with E-state index in [4.69, 9.17) is 9.47 Å². The number of amidine groups is 1. The van der Waals surface area contributed by atoms with E-state index < -0.39 is 0 Å². The standard InChI is InChI=1S/C18H21N3O2S/c1-22-15-7-8-17(23-2)13(9-15)10-18-20-19-12-21(18)14-5-4-6-16(11-14)24-3/h4-9,11,19H,10,12H2,1-3H3. The van der Waals surface area contributed by atoms with E-state index >= 15 is 0 Å². The number of hydrogen-bond donors (Lipinski definition) is 1. The van der Waals surface area contributed by atoms with Crippen molar-refractivity contribution < 1.29 is 9.47 Å². The lowest BCUT2D eigenvalue weighted by atomic mass is 10.1. The first-order valence-corrected chi connectivity index (χ1v) is 8.89. The molecule has 1 aliphatic heterocycles. The van der Waals surface area contributed by atoms with E-state index in [0.717, 1.165) is 28.6 Å². The van der Waals surface area contributed by atoms with Gasteiger partial charge in [0.1, 0.15) is 24.0 Å². The first kappa shape index (κ1) is 16.5. The Morgan fingerprint density at radius 2 is 2.04 bits per heavy atom. The zero-order valence-corrected chi connectivity index (χ0v) is 14.9. The molecular weight excluding hydrogens is 322 g/mol. The molecule has 0 amide bonds. The molecule has 0 saturated heterocycles. The fourth-order valence-corrected chi connectivity index (χ4v) is 3.15. The van der Waals surface area contributed by atoms with Crippen molar-refractivity contribution in [3.8, 4) is 11.5 Å². The molecule has 1 aliphatic rings. The van der Waals surface area contributed by atoms with Crippen LogP contribution in [-0.4, -0.2) is 33.0 Å². The van der Waals surface area contributed by atoms with Gasteiger partial charge in [0.2, 0.25) is 0 Å². The summed E-state index contributed by atoms with van der Waals surface area (Å²) in [5.41, 5.74) is 5.26. The van der Waals surface area contributed by atoms with Gasteiger partial charge in [-0.1, -0.05) is 6.07 Å². The zero-order chi connectivity index (χ0) is 16.9. The van der Waals surface area contributed by atoms with Gasteiger partial charge in [-0.15, -0.1) is 11.8 Å². The highest BCUT2D eigenvalue weighted by Gasteiger charge is 2.21. The molecule has 0 spiro atoms. The minimum Gasteiger partial charge on any atom is -0.497 e. The van der Waals surface area contributed by atoms with Crippen molar-refractivity contribution in [3.05, 3.63) is 48.0 Å². The van der Waals surface area contributed by atoms with E-state index in [9.17, 15) is 0 Å². The number of nitrogens with one attached hydrogen (secondary N) is 1. The number of ether oxygens (including phenoxy) is 2. The van der Waals surface area contributed by atoms with Crippen molar-refractivity contribution in [2.75, 3.05) is 32.0 Å². The van der Waals surface area contributed by atoms with E-state index in [2.05, 4.69) is 45.9 Å². The second kappa shape index (κ2) is 7.49. The highest BCUT2D eigenvalue weighted by atomic mass is 32.2. The average molecular weight is 343 g/mol. The zero-order valence-electron chi connectivity index (χ0n) is 14.1. The van der Waals surface area contributed by atoms with Gasteiger partial charge in [-0.25, -0.2) is 0 Å². The van der Waals surface area contributed by atoms with Crippen LogP contribution in [0.1, 0.15) is 5.56 Å². The van der Waals surface area contributed by atoms with Crippen LogP contribution in [0, 0.1) is 0 Å². The molecule has 0 aliphatic carbocycles. The number of thioether (sulfide) groups is 1. The molecule has 5 nitrogen and oxygen atoms in total. The topological polar surface area (TPSA) is 46.1 Å². The van der Waals surface area contributed by atoms with Gasteiger partial charge in [0.15, 0.2) is 0 Å². The van der Waals surface area contributed by atoms with Crippen LogP contribution < -0.4 is 19.8 Å². The summed E-state index contributed by atoms with van der Waals surface area (Å²) in [4.78, 5) is 3.41. The first-order valence-electron chi connectivity index (χ1n) is 7.67. The summed E-state index contributed by atoms with van der Waals surface area (Å²) in [6.45, 7) is 0.666. The normalized spacial score (nSPS) is 13.5. The van der Waals surface area contributed by atoms with Crippen LogP contribution >= 0.6 is 11.8 Å². The number of methoxy groups -OCH3 is 2. The third kappa shape index (κ3) is 3.43. The Hall–Kier alpha value is -2.34. The molecule has 3 rings (SSSR count). The van der Waals surface area contributed by atoms with Gasteiger partial charge in [0.05, 0.1) is 14.2 Å². The predicted molar refractivity (Wildman–Crippen MR) is 99.4 cm³/mol. The summed E-state index contributed by atoms with van der Waals surface area (Å²) in [6, 6.07) is 14.3. The molecule has 1 heterocycles. The molecule has 6 heteroatoms. The number of benzene rings is 2. The Morgan fingerprint density at radius 3 is 2.79 bits per heavy atom. The lowest BCUT2D eigenvalue weighted by molar-refractivity contribution is 0.400. The monoisotopic (exact) mass is 343 g/mol. The summed E-state index contributed by atoms with van der Waals surface area (Å²) < 4.78 is 10.8. The van der Waals surface area contributed by atoms with Crippen LogP contribution in [0.3, 0.4) is 0 Å². The van der Waals surface area contributed by atoms with Crippen molar-refractivity contribution in [2.45, 2.75) is 11.3 Å². The van der Waals surface area contributed by atoms with Crippen LogP contribution in [0.2, 0.25) is 0 Å².